The van der Waals surface area contributed by atoms with Crippen LogP contribution in [0.15, 0.2) is 79.0 Å². The number of hydrogen-bond acceptors (Lipinski definition) is 3. The van der Waals surface area contributed by atoms with Crippen molar-refractivity contribution in [1.29, 1.82) is 0 Å². The quantitative estimate of drug-likeness (QED) is 0.215. The summed E-state index contributed by atoms with van der Waals surface area (Å²) in [5, 5.41) is 1.73. The molecule has 4 aromatic rings. The third-order valence-corrected chi connectivity index (χ3v) is 7.70. The van der Waals surface area contributed by atoms with Crippen LogP contribution < -0.4 is 4.29 Å². The number of benzene rings is 3. The molecule has 4 nitrogen and oxygen atoms in total. The lowest BCUT2D eigenvalue weighted by atomic mass is 9.91. The first-order valence-electron chi connectivity index (χ1n) is 12.6. The second kappa shape index (κ2) is 11.5. The SMILES string of the molecule is O=C(c1ccccc1)c1cn(CCCN2CCCC(Cc3ccccc3Cl)C2)c2c(OCl)cccc12. The Kier molecular flexibility index (Phi) is 7.96. The second-order valence-electron chi connectivity index (χ2n) is 9.62. The summed E-state index contributed by atoms with van der Waals surface area (Å²) in [5.74, 6) is 1.20. The van der Waals surface area contributed by atoms with Gasteiger partial charge in [-0.1, -0.05) is 72.3 Å². The molecule has 5 rings (SSSR count). The zero-order valence-corrected chi connectivity index (χ0v) is 21.7. The molecule has 1 aliphatic heterocycles. The van der Waals surface area contributed by atoms with Crippen molar-refractivity contribution in [3.63, 3.8) is 0 Å². The third kappa shape index (κ3) is 5.46. The van der Waals surface area contributed by atoms with Gasteiger partial charge >= 0.3 is 0 Å². The molecule has 6 heteroatoms. The molecule has 0 amide bonds. The van der Waals surface area contributed by atoms with Crippen molar-refractivity contribution >= 4 is 40.2 Å². The van der Waals surface area contributed by atoms with Crippen LogP contribution in [-0.4, -0.2) is 34.9 Å². The summed E-state index contributed by atoms with van der Waals surface area (Å²) in [5.41, 5.74) is 3.45. The van der Waals surface area contributed by atoms with Crippen LogP contribution in [0.3, 0.4) is 0 Å². The molecule has 1 unspecified atom stereocenters. The first-order chi connectivity index (χ1) is 17.6. The van der Waals surface area contributed by atoms with E-state index in [1.54, 1.807) is 0 Å². The van der Waals surface area contributed by atoms with Gasteiger partial charge in [0.1, 0.15) is 11.9 Å². The smallest absolute Gasteiger partial charge is 0.195 e. The topological polar surface area (TPSA) is 34.5 Å². The fourth-order valence-corrected chi connectivity index (χ4v) is 5.79. The molecular formula is C30H30Cl2N2O2. The molecule has 0 N–H and O–H groups in total. The predicted molar refractivity (Wildman–Crippen MR) is 147 cm³/mol. The summed E-state index contributed by atoms with van der Waals surface area (Å²) in [6.07, 6.45) is 6.40. The average Bonchev–Trinajstić information content (AvgIpc) is 3.29. The molecule has 186 valence electrons. The number of likely N-dealkylation sites (tertiary alicyclic amines) is 1. The van der Waals surface area contributed by atoms with Crippen LogP contribution in [0.4, 0.5) is 0 Å². The normalized spacial score (nSPS) is 16.3. The number of aryl methyl sites for hydroxylation is 1. The van der Waals surface area contributed by atoms with Crippen molar-refractivity contribution in [3.8, 4) is 5.75 Å². The van der Waals surface area contributed by atoms with Crippen molar-refractivity contribution in [2.24, 2.45) is 5.92 Å². The number of carbonyl (C=O) groups excluding carboxylic acids is 1. The van der Waals surface area contributed by atoms with Crippen LogP contribution in [0.5, 0.6) is 5.75 Å². The van der Waals surface area contributed by atoms with Crippen LogP contribution in [-0.2, 0) is 13.0 Å². The van der Waals surface area contributed by atoms with E-state index in [0.29, 0.717) is 22.8 Å². The minimum Gasteiger partial charge on any atom is -0.383 e. The number of nitrogens with zero attached hydrogens (tertiary/aromatic N) is 2. The maximum Gasteiger partial charge on any atom is 0.195 e. The maximum atomic E-state index is 13.3. The van der Waals surface area contributed by atoms with Gasteiger partial charge in [0.2, 0.25) is 0 Å². The van der Waals surface area contributed by atoms with Gasteiger partial charge < -0.3 is 13.8 Å². The summed E-state index contributed by atoms with van der Waals surface area (Å²) in [6.45, 7) is 4.00. The van der Waals surface area contributed by atoms with Gasteiger partial charge in [-0.15, -0.1) is 0 Å². The lowest BCUT2D eigenvalue weighted by Gasteiger charge is -2.33. The monoisotopic (exact) mass is 520 g/mol. The van der Waals surface area contributed by atoms with E-state index < -0.39 is 0 Å². The molecule has 2 heterocycles. The number of carbonyl (C=O) groups is 1. The average molecular weight is 521 g/mol. The van der Waals surface area contributed by atoms with Gasteiger partial charge in [0, 0.05) is 40.8 Å². The number of para-hydroxylation sites is 1. The van der Waals surface area contributed by atoms with E-state index in [0.717, 1.165) is 54.9 Å². The first kappa shape index (κ1) is 24.9. The lowest BCUT2D eigenvalue weighted by Crippen LogP contribution is -2.37. The fraction of sp³-hybridized carbons (Fsp3) is 0.300. The molecule has 1 fully saturated rings. The Morgan fingerprint density at radius 1 is 0.972 bits per heavy atom. The van der Waals surface area contributed by atoms with Crippen LogP contribution in [0, 0.1) is 5.92 Å². The van der Waals surface area contributed by atoms with Crippen LogP contribution >= 0.6 is 23.5 Å². The third-order valence-electron chi connectivity index (χ3n) is 7.17. The molecule has 36 heavy (non-hydrogen) atoms. The molecule has 0 spiro atoms. The Morgan fingerprint density at radius 3 is 2.58 bits per heavy atom. The highest BCUT2D eigenvalue weighted by molar-refractivity contribution is 6.31. The fourth-order valence-electron chi connectivity index (χ4n) is 5.45. The van der Waals surface area contributed by atoms with Gasteiger partial charge in [-0.25, -0.2) is 0 Å². The minimum atomic E-state index is 0.00418. The molecule has 1 saturated heterocycles. The summed E-state index contributed by atoms with van der Waals surface area (Å²) in [4.78, 5) is 15.9. The van der Waals surface area contributed by atoms with Crippen molar-refractivity contribution in [2.75, 3.05) is 19.6 Å². The summed E-state index contributed by atoms with van der Waals surface area (Å²) >= 11 is 12.2. The van der Waals surface area contributed by atoms with Gasteiger partial charge in [0.25, 0.3) is 0 Å². The highest BCUT2D eigenvalue weighted by Crippen LogP contribution is 2.32. The Bertz CT molecular complexity index is 1340. The number of ketones is 1. The standard InChI is InChI=1S/C30H30Cl2N2O2/c31-27-14-5-4-12-24(27)19-22-9-7-16-33(20-22)17-8-18-34-21-26(30(35)23-10-2-1-3-11-23)25-13-6-15-28(36-32)29(25)34/h1-6,10-15,21-22H,7-9,16-20H2. The van der Waals surface area contributed by atoms with Crippen molar-refractivity contribution in [2.45, 2.75) is 32.2 Å². The van der Waals surface area contributed by atoms with E-state index in [1.165, 1.54) is 18.4 Å². The van der Waals surface area contributed by atoms with Crippen molar-refractivity contribution in [1.82, 2.24) is 9.47 Å². The number of halogens is 2. The van der Waals surface area contributed by atoms with Crippen LogP contribution in [0.25, 0.3) is 10.9 Å². The van der Waals surface area contributed by atoms with E-state index in [4.69, 9.17) is 27.8 Å². The van der Waals surface area contributed by atoms with Gasteiger partial charge in [0.05, 0.1) is 5.52 Å². The van der Waals surface area contributed by atoms with E-state index in [9.17, 15) is 4.79 Å². The number of aromatic nitrogens is 1. The Balaban J connectivity index is 1.28. The summed E-state index contributed by atoms with van der Waals surface area (Å²) in [7, 11) is 0. The predicted octanol–water partition coefficient (Wildman–Crippen LogP) is 7.40. The Hall–Kier alpha value is -2.79. The van der Waals surface area contributed by atoms with Crippen molar-refractivity contribution in [3.05, 3.63) is 101 Å². The Morgan fingerprint density at radius 2 is 1.78 bits per heavy atom. The lowest BCUT2D eigenvalue weighted by molar-refractivity contribution is 0.104. The summed E-state index contributed by atoms with van der Waals surface area (Å²) in [6, 6.07) is 23.2. The maximum absolute atomic E-state index is 13.3. The van der Waals surface area contributed by atoms with Gasteiger partial charge in [-0.2, -0.15) is 0 Å². The van der Waals surface area contributed by atoms with Gasteiger partial charge in [-0.3, -0.25) is 4.79 Å². The highest BCUT2D eigenvalue weighted by Gasteiger charge is 2.22. The number of fused-ring (bicyclic) bond motifs is 1. The first-order valence-corrected chi connectivity index (χ1v) is 13.3. The van der Waals surface area contributed by atoms with Gasteiger partial charge in [-0.05, 0) is 62.4 Å². The van der Waals surface area contributed by atoms with Crippen LogP contribution in [0.2, 0.25) is 5.02 Å². The number of hydrogen-bond donors (Lipinski definition) is 0. The molecule has 0 aliphatic carbocycles. The molecule has 3 aromatic carbocycles. The van der Waals surface area contributed by atoms with Gasteiger partial charge in [0.15, 0.2) is 11.5 Å². The molecule has 1 atom stereocenters. The zero-order valence-electron chi connectivity index (χ0n) is 20.2. The highest BCUT2D eigenvalue weighted by atomic mass is 35.5. The molecule has 1 aromatic heterocycles. The van der Waals surface area contributed by atoms with E-state index in [1.807, 2.05) is 66.9 Å². The largest absolute Gasteiger partial charge is 0.383 e. The van der Waals surface area contributed by atoms with Crippen LogP contribution in [0.1, 0.15) is 40.7 Å². The summed E-state index contributed by atoms with van der Waals surface area (Å²) < 4.78 is 7.28. The van der Waals surface area contributed by atoms with E-state index >= 15 is 0 Å². The number of piperidine rings is 1. The zero-order chi connectivity index (χ0) is 24.9. The molecular weight excluding hydrogens is 491 g/mol. The van der Waals surface area contributed by atoms with E-state index in [2.05, 4.69) is 21.6 Å². The molecule has 0 bridgehead atoms. The number of rotatable bonds is 9. The molecule has 1 aliphatic rings. The van der Waals surface area contributed by atoms with Crippen molar-refractivity contribution < 1.29 is 9.08 Å². The second-order valence-corrected chi connectivity index (χ2v) is 10.2. The minimum absolute atomic E-state index is 0.00418. The molecule has 0 radical (unpaired) electrons. The molecule has 0 saturated carbocycles. The van der Waals surface area contributed by atoms with E-state index in [-0.39, 0.29) is 5.78 Å². The Labute approximate surface area is 222 Å².